The van der Waals surface area contributed by atoms with Crippen LogP contribution in [0.15, 0.2) is 35.1 Å². The summed E-state index contributed by atoms with van der Waals surface area (Å²) in [4.78, 5) is 23.1. The van der Waals surface area contributed by atoms with Crippen LogP contribution < -0.4 is 10.9 Å². The van der Waals surface area contributed by atoms with Crippen molar-refractivity contribution >= 4 is 12.1 Å². The molecule has 1 N–H and O–H groups in total. The van der Waals surface area contributed by atoms with Crippen molar-refractivity contribution in [3.8, 4) is 5.69 Å². The molecule has 5 heteroatoms. The largest absolute Gasteiger partial charge is 0.323 e. The van der Waals surface area contributed by atoms with E-state index in [1.165, 1.54) is 4.68 Å². The Hall–Kier alpha value is -2.30. The number of nitrogens with zero attached hydrogens (tertiary/aromatic N) is 2. The molecule has 5 nitrogen and oxygen atoms in total. The van der Waals surface area contributed by atoms with Gasteiger partial charge in [0.25, 0.3) is 5.56 Å². The topological polar surface area (TPSA) is 56.0 Å². The number of carbonyl (C=O) groups is 1. The van der Waals surface area contributed by atoms with Gasteiger partial charge in [-0.1, -0.05) is 39.0 Å². The third-order valence-corrected chi connectivity index (χ3v) is 3.17. The molecule has 0 bridgehead atoms. The molecular weight excluding hydrogens is 254 g/mol. The second-order valence-electron chi connectivity index (χ2n) is 5.71. The van der Waals surface area contributed by atoms with Crippen LogP contribution in [0.3, 0.4) is 0 Å². The molecule has 1 heterocycles. The number of anilines is 1. The highest BCUT2D eigenvalue weighted by molar-refractivity contribution is 5.73. The number of rotatable bonds is 3. The third kappa shape index (κ3) is 2.27. The fraction of sp³-hybridized carbons (Fsp3) is 0.333. The molecule has 0 atom stereocenters. The van der Waals surface area contributed by atoms with Crippen molar-refractivity contribution in [2.75, 3.05) is 5.32 Å². The Morgan fingerprint density at radius 2 is 1.75 bits per heavy atom. The highest BCUT2D eigenvalue weighted by Crippen LogP contribution is 2.29. The predicted octanol–water partition coefficient (Wildman–Crippen LogP) is 2.04. The van der Waals surface area contributed by atoms with E-state index < -0.39 is 0 Å². The fourth-order valence-corrected chi connectivity index (χ4v) is 2.36. The Kier molecular flexibility index (Phi) is 3.53. The second kappa shape index (κ2) is 5.00. The Morgan fingerprint density at radius 1 is 1.15 bits per heavy atom. The number of hydrogen-bond donors (Lipinski definition) is 1. The Balaban J connectivity index is 2.84. The molecule has 0 saturated carbocycles. The first-order valence-electron chi connectivity index (χ1n) is 6.46. The normalized spacial score (nSPS) is 11.4. The molecule has 20 heavy (non-hydrogen) atoms. The Bertz CT molecular complexity index is 676. The van der Waals surface area contributed by atoms with E-state index in [1.54, 1.807) is 7.05 Å². The van der Waals surface area contributed by atoms with Crippen LogP contribution in [-0.4, -0.2) is 15.8 Å². The Morgan fingerprint density at radius 3 is 2.25 bits per heavy atom. The molecule has 0 saturated heterocycles. The standard InChI is InChI=1S/C15H19N3O2/c1-15(2,3)13-12(16-10-19)14(20)17(4)18(13)11-8-6-5-7-9-11/h5-10H,1-4H3,(H,16,19). The summed E-state index contributed by atoms with van der Waals surface area (Å²) in [5.41, 5.74) is 1.49. The molecule has 0 unspecified atom stereocenters. The molecule has 0 fully saturated rings. The van der Waals surface area contributed by atoms with Gasteiger partial charge in [-0.2, -0.15) is 0 Å². The van der Waals surface area contributed by atoms with Gasteiger partial charge in [0.05, 0.1) is 11.4 Å². The zero-order valence-electron chi connectivity index (χ0n) is 12.2. The van der Waals surface area contributed by atoms with E-state index in [1.807, 2.05) is 55.8 Å². The third-order valence-electron chi connectivity index (χ3n) is 3.17. The maximum atomic E-state index is 12.3. The van der Waals surface area contributed by atoms with E-state index in [9.17, 15) is 9.59 Å². The number of benzene rings is 1. The zero-order chi connectivity index (χ0) is 14.9. The summed E-state index contributed by atoms with van der Waals surface area (Å²) in [6.07, 6.45) is 0.543. The van der Waals surface area contributed by atoms with Gasteiger partial charge in [0.1, 0.15) is 5.69 Å². The van der Waals surface area contributed by atoms with Gasteiger partial charge in [0, 0.05) is 12.5 Å². The van der Waals surface area contributed by atoms with Crippen LogP contribution in [-0.2, 0) is 17.3 Å². The molecule has 1 aromatic carbocycles. The average molecular weight is 273 g/mol. The van der Waals surface area contributed by atoms with Gasteiger partial charge in [0.15, 0.2) is 0 Å². The maximum Gasteiger partial charge on any atom is 0.290 e. The van der Waals surface area contributed by atoms with Crippen LogP contribution in [0.5, 0.6) is 0 Å². The number of aromatic nitrogens is 2. The summed E-state index contributed by atoms with van der Waals surface area (Å²) >= 11 is 0. The molecule has 1 aromatic heterocycles. The van der Waals surface area contributed by atoms with Crippen molar-refractivity contribution in [3.05, 3.63) is 46.4 Å². The van der Waals surface area contributed by atoms with Crippen molar-refractivity contribution < 1.29 is 4.79 Å². The first-order chi connectivity index (χ1) is 9.38. The van der Waals surface area contributed by atoms with Gasteiger partial charge in [-0.15, -0.1) is 0 Å². The number of amides is 1. The number of hydrogen-bond acceptors (Lipinski definition) is 2. The molecule has 0 radical (unpaired) electrons. The van der Waals surface area contributed by atoms with Crippen molar-refractivity contribution in [3.63, 3.8) is 0 Å². The lowest BCUT2D eigenvalue weighted by atomic mass is 9.91. The van der Waals surface area contributed by atoms with Gasteiger partial charge < -0.3 is 5.32 Å². The van der Waals surface area contributed by atoms with Crippen molar-refractivity contribution in [1.82, 2.24) is 9.36 Å². The molecule has 0 aliphatic carbocycles. The summed E-state index contributed by atoms with van der Waals surface area (Å²) in [6.45, 7) is 6.03. The first-order valence-corrected chi connectivity index (χ1v) is 6.46. The fourth-order valence-electron chi connectivity index (χ4n) is 2.36. The highest BCUT2D eigenvalue weighted by atomic mass is 16.1. The summed E-state index contributed by atoms with van der Waals surface area (Å²) in [5.74, 6) is 0. The van der Waals surface area contributed by atoms with Crippen molar-refractivity contribution in [2.45, 2.75) is 26.2 Å². The smallest absolute Gasteiger partial charge is 0.290 e. The van der Waals surface area contributed by atoms with Crippen molar-refractivity contribution in [2.24, 2.45) is 7.05 Å². The minimum Gasteiger partial charge on any atom is -0.323 e. The monoisotopic (exact) mass is 273 g/mol. The van der Waals surface area contributed by atoms with Crippen LogP contribution in [0.1, 0.15) is 26.5 Å². The quantitative estimate of drug-likeness (QED) is 0.870. The minimum atomic E-state index is -0.290. The lowest BCUT2D eigenvalue weighted by Gasteiger charge is -2.23. The van der Waals surface area contributed by atoms with Gasteiger partial charge in [-0.25, -0.2) is 4.68 Å². The highest BCUT2D eigenvalue weighted by Gasteiger charge is 2.28. The number of carbonyl (C=O) groups excluding carboxylic acids is 1. The second-order valence-corrected chi connectivity index (χ2v) is 5.71. The molecule has 0 aliphatic rings. The van der Waals surface area contributed by atoms with E-state index in [2.05, 4.69) is 5.32 Å². The molecule has 0 aliphatic heterocycles. The molecule has 2 aromatic rings. The van der Waals surface area contributed by atoms with Gasteiger partial charge >= 0.3 is 0 Å². The van der Waals surface area contributed by atoms with Gasteiger partial charge in [-0.3, -0.25) is 14.3 Å². The minimum absolute atomic E-state index is 0.217. The van der Waals surface area contributed by atoms with Crippen LogP contribution in [0.25, 0.3) is 5.69 Å². The summed E-state index contributed by atoms with van der Waals surface area (Å²) in [7, 11) is 1.69. The zero-order valence-corrected chi connectivity index (χ0v) is 12.2. The van der Waals surface area contributed by atoms with Gasteiger partial charge in [0.2, 0.25) is 6.41 Å². The lowest BCUT2D eigenvalue weighted by Crippen LogP contribution is -2.22. The molecular formula is C15H19N3O2. The van der Waals surface area contributed by atoms with Crippen LogP contribution in [0.4, 0.5) is 5.69 Å². The summed E-state index contributed by atoms with van der Waals surface area (Å²) < 4.78 is 3.36. The van der Waals surface area contributed by atoms with Crippen LogP contribution >= 0.6 is 0 Å². The predicted molar refractivity (Wildman–Crippen MR) is 79.4 cm³/mol. The van der Waals surface area contributed by atoms with E-state index in [4.69, 9.17) is 0 Å². The molecule has 106 valence electrons. The summed E-state index contributed by atoms with van der Waals surface area (Å²) in [5, 5.41) is 2.55. The van der Waals surface area contributed by atoms with E-state index in [0.29, 0.717) is 12.1 Å². The van der Waals surface area contributed by atoms with E-state index >= 15 is 0 Å². The van der Waals surface area contributed by atoms with Gasteiger partial charge in [-0.05, 0) is 12.1 Å². The SMILES string of the molecule is Cn1c(=O)c(NC=O)c(C(C)(C)C)n1-c1ccccc1. The molecule has 2 rings (SSSR count). The average Bonchev–Trinajstić information content (AvgIpc) is 2.65. The molecule has 1 amide bonds. The summed E-state index contributed by atoms with van der Waals surface area (Å²) in [6, 6.07) is 9.61. The molecule has 0 spiro atoms. The van der Waals surface area contributed by atoms with E-state index in [0.717, 1.165) is 11.4 Å². The Labute approximate surface area is 117 Å². The first kappa shape index (κ1) is 14.1. The number of nitrogens with one attached hydrogen (secondary N) is 1. The van der Waals surface area contributed by atoms with Crippen molar-refractivity contribution in [1.29, 1.82) is 0 Å². The number of para-hydroxylation sites is 1. The van der Waals surface area contributed by atoms with Crippen LogP contribution in [0.2, 0.25) is 0 Å². The van der Waals surface area contributed by atoms with Crippen LogP contribution in [0, 0.1) is 0 Å². The van der Waals surface area contributed by atoms with E-state index in [-0.39, 0.29) is 11.0 Å². The lowest BCUT2D eigenvalue weighted by molar-refractivity contribution is -0.105. The maximum absolute atomic E-state index is 12.3.